The number of nitrogens with zero attached hydrogens (tertiary/aromatic N) is 1. The highest BCUT2D eigenvalue weighted by molar-refractivity contribution is 6.33. The number of para-hydroxylation sites is 1. The van der Waals surface area contributed by atoms with Crippen molar-refractivity contribution < 1.29 is 14.4 Å². The molecular formula is C19H17ClN2O3. The Balaban J connectivity index is 1.74. The second-order valence-corrected chi connectivity index (χ2v) is 6.39. The first-order valence-electron chi connectivity index (χ1n) is 7.92. The van der Waals surface area contributed by atoms with Crippen LogP contribution in [-0.2, 0) is 9.59 Å². The fourth-order valence-electron chi connectivity index (χ4n) is 2.82. The molecule has 3 rings (SSSR count). The van der Waals surface area contributed by atoms with Gasteiger partial charge in [0, 0.05) is 24.2 Å². The number of carbonyl (C=O) groups is 3. The van der Waals surface area contributed by atoms with Gasteiger partial charge in [0.05, 0.1) is 16.6 Å². The van der Waals surface area contributed by atoms with Crippen molar-refractivity contribution in [2.45, 2.75) is 13.3 Å². The van der Waals surface area contributed by atoms with Gasteiger partial charge in [-0.3, -0.25) is 14.4 Å². The molecule has 0 spiro atoms. The molecule has 2 aromatic rings. The number of halogens is 1. The molecule has 6 heteroatoms. The topological polar surface area (TPSA) is 66.5 Å². The molecule has 128 valence electrons. The number of hydrogen-bond acceptors (Lipinski definition) is 3. The Labute approximate surface area is 150 Å². The summed E-state index contributed by atoms with van der Waals surface area (Å²) in [6.07, 6.45) is 0.126. The van der Waals surface area contributed by atoms with Crippen molar-refractivity contribution >= 4 is 40.6 Å². The maximum Gasteiger partial charge on any atom is 0.229 e. The van der Waals surface area contributed by atoms with Crippen LogP contribution in [0.3, 0.4) is 0 Å². The number of rotatable bonds is 4. The third-order valence-electron chi connectivity index (χ3n) is 4.19. The number of amides is 2. The fourth-order valence-corrected chi connectivity index (χ4v) is 3.01. The lowest BCUT2D eigenvalue weighted by Crippen LogP contribution is -2.28. The van der Waals surface area contributed by atoms with Gasteiger partial charge >= 0.3 is 0 Å². The van der Waals surface area contributed by atoms with Crippen molar-refractivity contribution in [3.8, 4) is 0 Å². The molecule has 5 nitrogen and oxygen atoms in total. The van der Waals surface area contributed by atoms with Crippen LogP contribution in [0, 0.1) is 5.92 Å². The second-order valence-electron chi connectivity index (χ2n) is 5.98. The Morgan fingerprint density at radius 1 is 1.16 bits per heavy atom. The second kappa shape index (κ2) is 7.07. The van der Waals surface area contributed by atoms with Crippen LogP contribution in [-0.4, -0.2) is 24.1 Å². The van der Waals surface area contributed by atoms with Crippen LogP contribution in [0.1, 0.15) is 23.7 Å². The zero-order valence-electron chi connectivity index (χ0n) is 13.7. The SMILES string of the molecule is CC(=O)c1cccc(N2CC(C(=O)Nc3ccccc3Cl)CC2=O)c1. The van der Waals surface area contributed by atoms with E-state index in [1.165, 1.54) is 6.92 Å². The molecule has 25 heavy (non-hydrogen) atoms. The highest BCUT2D eigenvalue weighted by Gasteiger charge is 2.35. The number of carbonyl (C=O) groups excluding carboxylic acids is 3. The third kappa shape index (κ3) is 3.72. The number of ketones is 1. The molecule has 1 N–H and O–H groups in total. The zero-order valence-corrected chi connectivity index (χ0v) is 14.4. The quantitative estimate of drug-likeness (QED) is 0.852. The average Bonchev–Trinajstić information content (AvgIpc) is 2.99. The number of anilines is 2. The lowest BCUT2D eigenvalue weighted by atomic mass is 10.1. The smallest absolute Gasteiger partial charge is 0.229 e. The van der Waals surface area contributed by atoms with Gasteiger partial charge in [-0.05, 0) is 31.2 Å². The minimum absolute atomic E-state index is 0.0680. The highest BCUT2D eigenvalue weighted by Crippen LogP contribution is 2.28. The monoisotopic (exact) mass is 356 g/mol. The maximum atomic E-state index is 12.5. The van der Waals surface area contributed by atoms with E-state index < -0.39 is 5.92 Å². The van der Waals surface area contributed by atoms with Crippen LogP contribution in [0.5, 0.6) is 0 Å². The summed E-state index contributed by atoms with van der Waals surface area (Å²) < 4.78 is 0. The Morgan fingerprint density at radius 2 is 1.92 bits per heavy atom. The molecule has 0 bridgehead atoms. The van der Waals surface area contributed by atoms with Gasteiger partial charge in [-0.25, -0.2) is 0 Å². The van der Waals surface area contributed by atoms with Gasteiger partial charge in [0.2, 0.25) is 11.8 Å². The van der Waals surface area contributed by atoms with Crippen molar-refractivity contribution in [2.75, 3.05) is 16.8 Å². The summed E-state index contributed by atoms with van der Waals surface area (Å²) in [4.78, 5) is 37.9. The van der Waals surface area contributed by atoms with E-state index in [0.717, 1.165) is 0 Å². The fraction of sp³-hybridized carbons (Fsp3) is 0.211. The molecule has 0 saturated carbocycles. The lowest BCUT2D eigenvalue weighted by molar-refractivity contribution is -0.122. The van der Waals surface area contributed by atoms with E-state index in [0.29, 0.717) is 22.0 Å². The standard InChI is InChI=1S/C19H17ClN2O3/c1-12(23)13-5-4-6-15(9-13)22-11-14(10-18(22)24)19(25)21-17-8-3-2-7-16(17)20/h2-9,14H,10-11H2,1H3,(H,21,25). The Kier molecular flexibility index (Phi) is 4.86. The van der Waals surface area contributed by atoms with Crippen LogP contribution >= 0.6 is 11.6 Å². The van der Waals surface area contributed by atoms with Gasteiger partial charge in [-0.15, -0.1) is 0 Å². The van der Waals surface area contributed by atoms with Gasteiger partial charge in [0.1, 0.15) is 0 Å². The lowest BCUT2D eigenvalue weighted by Gasteiger charge is -2.17. The molecule has 1 saturated heterocycles. The molecule has 0 aromatic heterocycles. The van der Waals surface area contributed by atoms with Gasteiger partial charge in [-0.1, -0.05) is 35.9 Å². The van der Waals surface area contributed by atoms with Crippen LogP contribution in [0.2, 0.25) is 5.02 Å². The van der Waals surface area contributed by atoms with E-state index in [9.17, 15) is 14.4 Å². The first kappa shape index (κ1) is 17.2. The summed E-state index contributed by atoms with van der Waals surface area (Å²) in [6.45, 7) is 1.75. The minimum Gasteiger partial charge on any atom is -0.324 e. The summed E-state index contributed by atoms with van der Waals surface area (Å²) >= 11 is 6.05. The normalized spacial score (nSPS) is 16.8. The summed E-state index contributed by atoms with van der Waals surface area (Å²) in [7, 11) is 0. The highest BCUT2D eigenvalue weighted by atomic mass is 35.5. The maximum absolute atomic E-state index is 12.5. The molecule has 2 amide bonds. The van der Waals surface area contributed by atoms with Crippen molar-refractivity contribution in [3.05, 3.63) is 59.1 Å². The Hall–Kier alpha value is -2.66. The third-order valence-corrected chi connectivity index (χ3v) is 4.52. The Morgan fingerprint density at radius 3 is 2.64 bits per heavy atom. The van der Waals surface area contributed by atoms with Gasteiger partial charge < -0.3 is 10.2 Å². The van der Waals surface area contributed by atoms with Gasteiger partial charge in [0.15, 0.2) is 5.78 Å². The van der Waals surface area contributed by atoms with Crippen molar-refractivity contribution in [2.24, 2.45) is 5.92 Å². The largest absolute Gasteiger partial charge is 0.324 e. The van der Waals surface area contributed by atoms with Crippen LogP contribution < -0.4 is 10.2 Å². The first-order valence-corrected chi connectivity index (χ1v) is 8.30. The predicted molar refractivity (Wildman–Crippen MR) is 97.0 cm³/mol. The minimum atomic E-state index is -0.468. The molecule has 2 aromatic carbocycles. The van der Waals surface area contributed by atoms with E-state index >= 15 is 0 Å². The van der Waals surface area contributed by atoms with Crippen molar-refractivity contribution in [3.63, 3.8) is 0 Å². The summed E-state index contributed by atoms with van der Waals surface area (Å²) in [5.41, 5.74) is 1.69. The predicted octanol–water partition coefficient (Wildman–Crippen LogP) is 3.53. The van der Waals surface area contributed by atoms with E-state index in [4.69, 9.17) is 11.6 Å². The number of benzene rings is 2. The van der Waals surface area contributed by atoms with Crippen LogP contribution in [0.15, 0.2) is 48.5 Å². The molecule has 0 radical (unpaired) electrons. The van der Waals surface area contributed by atoms with E-state index in [2.05, 4.69) is 5.32 Å². The summed E-state index contributed by atoms with van der Waals surface area (Å²) in [5, 5.41) is 3.22. The molecule has 1 unspecified atom stereocenters. The first-order chi connectivity index (χ1) is 12.0. The summed E-state index contributed by atoms with van der Waals surface area (Å²) in [5.74, 6) is -0.919. The number of hydrogen-bond donors (Lipinski definition) is 1. The molecule has 1 atom stereocenters. The molecule has 1 aliphatic heterocycles. The van der Waals surface area contributed by atoms with Gasteiger partial charge in [-0.2, -0.15) is 0 Å². The molecule has 1 heterocycles. The van der Waals surface area contributed by atoms with E-state index in [1.54, 1.807) is 53.4 Å². The number of nitrogens with one attached hydrogen (secondary N) is 1. The molecule has 1 fully saturated rings. The average molecular weight is 357 g/mol. The molecular weight excluding hydrogens is 340 g/mol. The van der Waals surface area contributed by atoms with Crippen LogP contribution in [0.4, 0.5) is 11.4 Å². The van der Waals surface area contributed by atoms with Gasteiger partial charge in [0.25, 0.3) is 0 Å². The van der Waals surface area contributed by atoms with E-state index in [1.807, 2.05) is 0 Å². The van der Waals surface area contributed by atoms with Crippen molar-refractivity contribution in [1.29, 1.82) is 0 Å². The molecule has 0 aliphatic carbocycles. The van der Waals surface area contributed by atoms with Crippen molar-refractivity contribution in [1.82, 2.24) is 0 Å². The zero-order chi connectivity index (χ0) is 18.0. The Bertz CT molecular complexity index is 850. The van der Waals surface area contributed by atoms with Crippen LogP contribution in [0.25, 0.3) is 0 Å². The molecule has 1 aliphatic rings. The van der Waals surface area contributed by atoms with E-state index in [-0.39, 0.29) is 30.6 Å². The summed E-state index contributed by atoms with van der Waals surface area (Å²) in [6, 6.07) is 13.8. The number of Topliss-reactive ketones (excluding diaryl/α,β-unsaturated/α-hetero) is 1.